The molecule has 3 N–H and O–H groups in total. The van der Waals surface area contributed by atoms with Crippen molar-refractivity contribution in [2.45, 2.75) is 77.0 Å². The number of fused-ring (bicyclic) bond motifs is 16. The number of hydrogen-bond donors (Lipinski definition) is 2. The Morgan fingerprint density at radius 3 is 1.21 bits per heavy atom. The summed E-state index contributed by atoms with van der Waals surface area (Å²) in [6.45, 7) is 19.0. The third kappa shape index (κ3) is 6.95. The van der Waals surface area contributed by atoms with E-state index in [1.807, 2.05) is 30.3 Å². The van der Waals surface area contributed by atoms with Crippen LogP contribution in [-0.4, -0.2) is 0 Å². The normalized spacial score (nSPS) is 15.6. The fraction of sp³-hybridized carbons (Fsp3) is 0.176. The van der Waals surface area contributed by atoms with Crippen LogP contribution >= 0.6 is 15.9 Å². The summed E-state index contributed by atoms with van der Waals surface area (Å²) in [5.74, 6) is 0. The highest BCUT2D eigenvalue weighted by molar-refractivity contribution is 9.10. The first-order valence-corrected chi connectivity index (χ1v) is 25.9. The molecular formula is C68H59BrN2. The number of nitrogens with one attached hydrogen (secondary N) is 1. The first kappa shape index (κ1) is 45.0. The molecule has 4 aliphatic carbocycles. The second-order valence-electron chi connectivity index (χ2n) is 22.2. The zero-order chi connectivity index (χ0) is 49.2. The van der Waals surface area contributed by atoms with E-state index in [1.54, 1.807) is 0 Å². The highest BCUT2D eigenvalue weighted by Gasteiger charge is 2.44. The summed E-state index contributed by atoms with van der Waals surface area (Å²) >= 11 is 3.68. The van der Waals surface area contributed by atoms with Gasteiger partial charge in [-0.2, -0.15) is 0 Å². The van der Waals surface area contributed by atoms with E-state index < -0.39 is 0 Å². The number of rotatable bonds is 2. The lowest BCUT2D eigenvalue weighted by molar-refractivity contribution is 0.652. The summed E-state index contributed by atoms with van der Waals surface area (Å²) in [5.41, 5.74) is 31.0. The van der Waals surface area contributed by atoms with E-state index in [-0.39, 0.29) is 21.7 Å². The summed E-state index contributed by atoms with van der Waals surface area (Å²) in [6, 6.07) is 70.4. The van der Waals surface area contributed by atoms with Crippen LogP contribution in [0.1, 0.15) is 99.9 Å². The lowest BCUT2D eigenvalue weighted by Crippen LogP contribution is -2.17. The van der Waals surface area contributed by atoms with Gasteiger partial charge >= 0.3 is 0 Å². The van der Waals surface area contributed by atoms with Gasteiger partial charge in [-0.3, -0.25) is 0 Å². The molecule has 0 fully saturated rings. The van der Waals surface area contributed by atoms with E-state index in [4.69, 9.17) is 5.73 Å². The van der Waals surface area contributed by atoms with Gasteiger partial charge in [-0.05, 0) is 183 Å². The number of nitrogen functional groups attached to an aromatic ring is 1. The van der Waals surface area contributed by atoms with E-state index in [9.17, 15) is 0 Å². The topological polar surface area (TPSA) is 38.0 Å². The Morgan fingerprint density at radius 1 is 0.324 bits per heavy atom. The van der Waals surface area contributed by atoms with Crippen LogP contribution in [0.25, 0.3) is 66.1 Å². The number of halogens is 1. The van der Waals surface area contributed by atoms with Crippen molar-refractivity contribution in [3.8, 4) is 44.5 Å². The van der Waals surface area contributed by atoms with Gasteiger partial charge in [-0.15, -0.1) is 0 Å². The SMILES string of the molecule is CC1(C)c2cc(Br)ccc2-c2cc3c(cc21)-c1c(ccc2ccccc12)C3(C)C.CC1(C)c2cc(Nc3ccccc3)ccc2-c2cc3c(cc21)-c1c(ccc2ccccc12)C3(C)C.Nc1ccccc1. The van der Waals surface area contributed by atoms with Crippen LogP contribution < -0.4 is 11.1 Å². The molecule has 0 saturated heterocycles. The Labute approximate surface area is 427 Å². The minimum absolute atomic E-state index is 0.000949. The van der Waals surface area contributed by atoms with E-state index in [2.05, 4.69) is 240 Å². The quantitative estimate of drug-likeness (QED) is 0.169. The first-order valence-electron chi connectivity index (χ1n) is 25.1. The molecule has 0 amide bonds. The van der Waals surface area contributed by atoms with Gasteiger partial charge in [0.2, 0.25) is 0 Å². The van der Waals surface area contributed by atoms with Gasteiger partial charge in [0.15, 0.2) is 0 Å². The summed E-state index contributed by atoms with van der Waals surface area (Å²) < 4.78 is 1.15. The van der Waals surface area contributed by atoms with E-state index in [0.29, 0.717) is 0 Å². The first-order chi connectivity index (χ1) is 34.0. The lowest BCUT2D eigenvalue weighted by atomic mass is 9.79. The van der Waals surface area contributed by atoms with Gasteiger partial charge in [0.25, 0.3) is 0 Å². The summed E-state index contributed by atoms with van der Waals surface area (Å²) in [4.78, 5) is 0. The molecule has 0 bridgehead atoms. The van der Waals surface area contributed by atoms with Crippen molar-refractivity contribution in [1.29, 1.82) is 0 Å². The minimum Gasteiger partial charge on any atom is -0.399 e. The maximum atomic E-state index is 5.36. The van der Waals surface area contributed by atoms with E-state index >= 15 is 0 Å². The molecule has 0 saturated carbocycles. The molecule has 0 radical (unpaired) electrons. The van der Waals surface area contributed by atoms with Crippen LogP contribution in [-0.2, 0) is 21.7 Å². The zero-order valence-corrected chi connectivity index (χ0v) is 43.5. The number of anilines is 3. The molecule has 0 atom stereocenters. The van der Waals surface area contributed by atoms with Crippen molar-refractivity contribution in [1.82, 2.24) is 0 Å². The standard InChI is InChI=1S/C34H29N.C28H23Br.C6H7N/c1-33(2)28-17-14-21-10-8-9-13-24(21)32(28)27-20-30-26(19-31(27)33)25-16-15-23(18-29(25)34(30,3)4)35-22-11-6-5-7-12-22;1-27(2)22-12-9-16-7-5-6-8-18(16)26(22)21-15-24-20(14-25(21)27)19-11-10-17(29)13-23(19)28(24,3)4;7-6-4-2-1-3-5-6/h5-20,35H,1-4H3;5-15H,1-4H3;1-5H,7H2. The fourth-order valence-electron chi connectivity index (χ4n) is 12.7. The Morgan fingerprint density at radius 2 is 0.718 bits per heavy atom. The molecular weight excluding hydrogens is 925 g/mol. The number of para-hydroxylation sites is 2. The average Bonchev–Trinajstić information content (AvgIpc) is 3.93. The van der Waals surface area contributed by atoms with Crippen LogP contribution in [0.4, 0.5) is 17.1 Å². The lowest BCUT2D eigenvalue weighted by Gasteiger charge is -2.24. The number of benzene rings is 10. The third-order valence-electron chi connectivity index (χ3n) is 16.5. The van der Waals surface area contributed by atoms with Gasteiger partial charge in [0, 0.05) is 43.2 Å². The average molecular weight is 984 g/mol. The Kier molecular flexibility index (Phi) is 10.2. The van der Waals surface area contributed by atoms with Crippen molar-refractivity contribution in [2.24, 2.45) is 0 Å². The summed E-state index contributed by atoms with van der Waals surface area (Å²) in [7, 11) is 0. The molecule has 0 spiro atoms. The fourth-order valence-corrected chi connectivity index (χ4v) is 13.0. The van der Waals surface area contributed by atoms with Crippen molar-refractivity contribution >= 4 is 54.5 Å². The van der Waals surface area contributed by atoms with E-state index in [0.717, 1.165) is 21.5 Å². The van der Waals surface area contributed by atoms with Gasteiger partial charge in [-0.25, -0.2) is 0 Å². The smallest absolute Gasteiger partial charge is 0.0387 e. The number of hydrogen-bond acceptors (Lipinski definition) is 2. The van der Waals surface area contributed by atoms with Crippen LogP contribution in [0.2, 0.25) is 0 Å². The third-order valence-corrected chi connectivity index (χ3v) is 17.0. The van der Waals surface area contributed by atoms with Crippen LogP contribution in [0.15, 0.2) is 199 Å². The second kappa shape index (κ2) is 16.2. The summed E-state index contributed by atoms with van der Waals surface area (Å²) in [6.07, 6.45) is 0. The van der Waals surface area contributed by atoms with Gasteiger partial charge in [-0.1, -0.05) is 193 Å². The number of nitrogens with two attached hydrogens (primary N) is 1. The Bertz CT molecular complexity index is 3800. The minimum atomic E-state index is -0.0639. The van der Waals surface area contributed by atoms with Gasteiger partial charge < -0.3 is 11.1 Å². The van der Waals surface area contributed by atoms with Crippen LogP contribution in [0.3, 0.4) is 0 Å². The van der Waals surface area contributed by atoms with Gasteiger partial charge in [0.1, 0.15) is 0 Å². The van der Waals surface area contributed by atoms with Crippen molar-refractivity contribution < 1.29 is 0 Å². The predicted octanol–water partition coefficient (Wildman–Crippen LogP) is 18.7. The second-order valence-corrected chi connectivity index (χ2v) is 23.1. The molecule has 348 valence electrons. The largest absolute Gasteiger partial charge is 0.399 e. The summed E-state index contributed by atoms with van der Waals surface area (Å²) in [5, 5.41) is 8.95. The molecule has 0 aromatic heterocycles. The molecule has 0 heterocycles. The molecule has 10 aromatic carbocycles. The molecule has 2 nitrogen and oxygen atoms in total. The monoisotopic (exact) mass is 982 g/mol. The van der Waals surface area contributed by atoms with Gasteiger partial charge in [0.05, 0.1) is 0 Å². The van der Waals surface area contributed by atoms with E-state index in [1.165, 1.54) is 111 Å². The van der Waals surface area contributed by atoms with Crippen molar-refractivity contribution in [3.63, 3.8) is 0 Å². The van der Waals surface area contributed by atoms with Crippen molar-refractivity contribution in [3.05, 3.63) is 243 Å². The van der Waals surface area contributed by atoms with Crippen LogP contribution in [0, 0.1) is 0 Å². The molecule has 0 unspecified atom stereocenters. The Balaban J connectivity index is 0.000000130. The molecule has 0 aliphatic heterocycles. The maximum absolute atomic E-state index is 5.36. The van der Waals surface area contributed by atoms with Crippen molar-refractivity contribution in [2.75, 3.05) is 11.1 Å². The van der Waals surface area contributed by atoms with Crippen LogP contribution in [0.5, 0.6) is 0 Å². The molecule has 10 aromatic rings. The molecule has 14 rings (SSSR count). The zero-order valence-electron chi connectivity index (χ0n) is 41.9. The maximum Gasteiger partial charge on any atom is 0.0387 e. The highest BCUT2D eigenvalue weighted by Crippen LogP contribution is 2.59. The molecule has 3 heteroatoms. The molecule has 71 heavy (non-hydrogen) atoms. The Hall–Kier alpha value is -7.20. The highest BCUT2D eigenvalue weighted by atomic mass is 79.9. The predicted molar refractivity (Wildman–Crippen MR) is 306 cm³/mol. The molecule has 4 aliphatic rings.